The van der Waals surface area contributed by atoms with Crippen LogP contribution >= 0.6 is 24.0 Å². The summed E-state index contributed by atoms with van der Waals surface area (Å²) >= 11 is 0. The number of alkyl halides is 2. The van der Waals surface area contributed by atoms with Crippen molar-refractivity contribution in [1.82, 2.24) is 4.90 Å². The van der Waals surface area contributed by atoms with Gasteiger partial charge in [0.15, 0.2) is 17.5 Å². The summed E-state index contributed by atoms with van der Waals surface area (Å²) in [5.41, 5.74) is 6.47. The molecule has 2 aliphatic rings. The highest BCUT2D eigenvalue weighted by Crippen LogP contribution is 2.39. The molecule has 1 aromatic rings. The van der Waals surface area contributed by atoms with E-state index in [2.05, 4.69) is 9.73 Å². The van der Waals surface area contributed by atoms with E-state index in [0.717, 1.165) is 25.9 Å². The minimum atomic E-state index is -2.92. The molecule has 0 aromatic heterocycles. The number of likely N-dealkylation sites (tertiary alicyclic amines) is 1. The minimum Gasteiger partial charge on any atom is -0.454 e. The molecule has 2 aliphatic heterocycles. The minimum absolute atomic E-state index is 0. The lowest BCUT2D eigenvalue weighted by Crippen LogP contribution is -2.40. The van der Waals surface area contributed by atoms with Gasteiger partial charge in [0.05, 0.1) is 6.54 Å². The van der Waals surface area contributed by atoms with Crippen LogP contribution in [0.2, 0.25) is 0 Å². The lowest BCUT2D eigenvalue weighted by Gasteiger charge is -2.27. The molecule has 1 aromatic carbocycles. The Labute approximate surface area is 156 Å². The van der Waals surface area contributed by atoms with E-state index >= 15 is 0 Å². The first-order chi connectivity index (χ1) is 11.1. The fourth-order valence-electron chi connectivity index (χ4n) is 2.68. The highest BCUT2D eigenvalue weighted by Gasteiger charge is 2.20. The van der Waals surface area contributed by atoms with Crippen molar-refractivity contribution in [2.75, 3.05) is 19.9 Å². The largest absolute Gasteiger partial charge is 0.454 e. The van der Waals surface area contributed by atoms with Crippen LogP contribution in [0.5, 0.6) is 17.2 Å². The molecule has 3 rings (SSSR count). The lowest BCUT2D eigenvalue weighted by atomic mass is 10.1. The summed E-state index contributed by atoms with van der Waals surface area (Å²) in [7, 11) is 0. The van der Waals surface area contributed by atoms with Gasteiger partial charge in [-0.05, 0) is 25.3 Å². The topological polar surface area (TPSA) is 69.3 Å². The molecule has 0 bridgehead atoms. The molecular formula is C15H20F2IN3O3. The van der Waals surface area contributed by atoms with Crippen molar-refractivity contribution in [3.8, 4) is 17.2 Å². The molecule has 1 saturated heterocycles. The first-order valence-corrected chi connectivity index (χ1v) is 7.55. The second-order valence-electron chi connectivity index (χ2n) is 5.41. The zero-order valence-corrected chi connectivity index (χ0v) is 15.4. The molecule has 24 heavy (non-hydrogen) atoms. The fraction of sp³-hybridized carbons (Fsp3) is 0.533. The molecule has 2 N–H and O–H groups in total. The number of piperidine rings is 1. The van der Waals surface area contributed by atoms with Crippen molar-refractivity contribution in [3.63, 3.8) is 0 Å². The zero-order chi connectivity index (χ0) is 16.2. The first-order valence-electron chi connectivity index (χ1n) is 7.55. The number of rotatable bonds is 4. The summed E-state index contributed by atoms with van der Waals surface area (Å²) in [6.07, 6.45) is 3.36. The number of halogens is 3. The number of nitrogens with two attached hydrogens (primary N) is 1. The van der Waals surface area contributed by atoms with E-state index in [1.807, 2.05) is 4.90 Å². The smallest absolute Gasteiger partial charge is 0.387 e. The number of guanidine groups is 1. The standard InChI is InChI=1S/C15H19F2N3O3.HI/c16-14(17)23-11-7-13-12(21-9-22-13)6-10(11)8-19-15(18)20-4-2-1-3-5-20;/h6-7,14H,1-5,8-9H2,(H2,18,19);1H. The number of fused-ring (bicyclic) bond motifs is 1. The Bertz CT molecular complexity index is 596. The van der Waals surface area contributed by atoms with Crippen molar-refractivity contribution >= 4 is 29.9 Å². The van der Waals surface area contributed by atoms with Gasteiger partial charge in [0.25, 0.3) is 0 Å². The third-order valence-electron chi connectivity index (χ3n) is 3.86. The Morgan fingerprint density at radius 3 is 2.54 bits per heavy atom. The molecule has 2 heterocycles. The summed E-state index contributed by atoms with van der Waals surface area (Å²) in [6, 6.07) is 3.00. The van der Waals surface area contributed by atoms with Crippen molar-refractivity contribution < 1.29 is 23.0 Å². The van der Waals surface area contributed by atoms with Crippen LogP contribution < -0.4 is 19.9 Å². The van der Waals surface area contributed by atoms with Crippen LogP contribution in [0.15, 0.2) is 17.1 Å². The molecule has 0 aliphatic carbocycles. The van der Waals surface area contributed by atoms with Crippen LogP contribution in [0, 0.1) is 0 Å². The summed E-state index contributed by atoms with van der Waals surface area (Å²) < 4.78 is 40.2. The molecule has 6 nitrogen and oxygen atoms in total. The molecule has 134 valence electrons. The van der Waals surface area contributed by atoms with Crippen molar-refractivity contribution in [2.45, 2.75) is 32.4 Å². The summed E-state index contributed by atoms with van der Waals surface area (Å²) in [5.74, 6) is 1.33. The maximum Gasteiger partial charge on any atom is 0.387 e. The normalized spacial score (nSPS) is 17.0. The Kier molecular flexibility index (Phi) is 6.69. The number of nitrogens with zero attached hydrogens (tertiary/aromatic N) is 2. The summed E-state index contributed by atoms with van der Waals surface area (Å²) in [4.78, 5) is 6.31. The number of benzene rings is 1. The van der Waals surface area contributed by atoms with Crippen LogP contribution in [0.3, 0.4) is 0 Å². The predicted octanol–water partition coefficient (Wildman–Crippen LogP) is 2.94. The summed E-state index contributed by atoms with van der Waals surface area (Å²) in [6.45, 7) is -0.974. The van der Waals surface area contributed by atoms with E-state index in [1.54, 1.807) is 6.07 Å². The zero-order valence-electron chi connectivity index (χ0n) is 13.0. The molecule has 9 heteroatoms. The van der Waals surface area contributed by atoms with Gasteiger partial charge < -0.3 is 24.8 Å². The van der Waals surface area contributed by atoms with Crippen LogP contribution in [-0.2, 0) is 6.54 Å². The second kappa shape index (κ2) is 8.54. The van der Waals surface area contributed by atoms with Crippen molar-refractivity contribution in [3.05, 3.63) is 17.7 Å². The number of hydrogen-bond acceptors (Lipinski definition) is 4. The molecule has 1 fully saturated rings. The maximum absolute atomic E-state index is 12.6. The molecular weight excluding hydrogens is 435 g/mol. The Morgan fingerprint density at radius 1 is 1.21 bits per heavy atom. The monoisotopic (exact) mass is 455 g/mol. The first kappa shape index (κ1) is 18.8. The summed E-state index contributed by atoms with van der Waals surface area (Å²) in [5, 5.41) is 0. The molecule has 0 saturated carbocycles. The van der Waals surface area contributed by atoms with Gasteiger partial charge in [-0.15, -0.1) is 24.0 Å². The van der Waals surface area contributed by atoms with Crippen LogP contribution in [-0.4, -0.2) is 37.4 Å². The van der Waals surface area contributed by atoms with Gasteiger partial charge in [-0.2, -0.15) is 8.78 Å². The van der Waals surface area contributed by atoms with Gasteiger partial charge >= 0.3 is 6.61 Å². The third kappa shape index (κ3) is 4.52. The van der Waals surface area contributed by atoms with E-state index in [9.17, 15) is 8.78 Å². The van der Waals surface area contributed by atoms with E-state index < -0.39 is 6.61 Å². The average molecular weight is 455 g/mol. The Hall–Kier alpha value is -1.52. The maximum atomic E-state index is 12.6. The average Bonchev–Trinajstić information content (AvgIpc) is 2.99. The number of hydrogen-bond donors (Lipinski definition) is 1. The fourth-order valence-corrected chi connectivity index (χ4v) is 2.68. The molecule has 0 radical (unpaired) electrons. The van der Waals surface area contributed by atoms with Crippen LogP contribution in [0.4, 0.5) is 8.78 Å². The lowest BCUT2D eigenvalue weighted by molar-refractivity contribution is -0.0505. The highest BCUT2D eigenvalue weighted by molar-refractivity contribution is 14.0. The second-order valence-corrected chi connectivity index (χ2v) is 5.41. The molecule has 0 atom stereocenters. The Balaban J connectivity index is 0.00000208. The number of aliphatic imine (C=N–C) groups is 1. The molecule has 0 amide bonds. The van der Waals surface area contributed by atoms with Gasteiger partial charge in [0, 0.05) is 24.7 Å². The highest BCUT2D eigenvalue weighted by atomic mass is 127. The molecule has 0 unspecified atom stereocenters. The van der Waals surface area contributed by atoms with Crippen LogP contribution in [0.25, 0.3) is 0 Å². The van der Waals surface area contributed by atoms with Gasteiger partial charge in [-0.1, -0.05) is 0 Å². The third-order valence-corrected chi connectivity index (χ3v) is 3.86. The van der Waals surface area contributed by atoms with E-state index in [4.69, 9.17) is 15.2 Å². The van der Waals surface area contributed by atoms with Crippen molar-refractivity contribution in [2.24, 2.45) is 10.7 Å². The van der Waals surface area contributed by atoms with E-state index in [1.165, 1.54) is 12.5 Å². The number of ether oxygens (including phenoxy) is 3. The quantitative estimate of drug-likeness (QED) is 0.430. The van der Waals surface area contributed by atoms with Crippen LogP contribution in [0.1, 0.15) is 24.8 Å². The predicted molar refractivity (Wildman–Crippen MR) is 95.4 cm³/mol. The van der Waals surface area contributed by atoms with E-state index in [-0.39, 0.29) is 43.1 Å². The Morgan fingerprint density at radius 2 is 1.88 bits per heavy atom. The van der Waals surface area contributed by atoms with Crippen molar-refractivity contribution in [1.29, 1.82) is 0 Å². The van der Waals surface area contributed by atoms with Gasteiger partial charge in [0.2, 0.25) is 6.79 Å². The van der Waals surface area contributed by atoms with Gasteiger partial charge in [-0.3, -0.25) is 0 Å². The van der Waals surface area contributed by atoms with E-state index in [0.29, 0.717) is 23.0 Å². The van der Waals surface area contributed by atoms with Gasteiger partial charge in [0.1, 0.15) is 5.75 Å². The molecule has 0 spiro atoms. The SMILES string of the molecule is I.NC(=NCc1cc2c(cc1OC(F)F)OCO2)N1CCCCC1. The van der Waals surface area contributed by atoms with Gasteiger partial charge in [-0.25, -0.2) is 4.99 Å².